The van der Waals surface area contributed by atoms with Crippen LogP contribution in [-0.2, 0) is 9.31 Å². The molecular formula is C15H22BClO3. The van der Waals surface area contributed by atoms with Gasteiger partial charge in [-0.15, -0.1) is 0 Å². The first-order valence-corrected chi connectivity index (χ1v) is 7.42. The number of rotatable bonds is 4. The van der Waals surface area contributed by atoms with Crippen molar-refractivity contribution in [3.05, 3.63) is 23.2 Å². The van der Waals surface area contributed by atoms with E-state index >= 15 is 0 Å². The van der Waals surface area contributed by atoms with Crippen LogP contribution in [0.15, 0.2) is 18.2 Å². The molecule has 0 radical (unpaired) electrons. The summed E-state index contributed by atoms with van der Waals surface area (Å²) in [5.41, 5.74) is 0.116. The molecule has 5 heteroatoms. The van der Waals surface area contributed by atoms with Crippen molar-refractivity contribution >= 4 is 24.2 Å². The summed E-state index contributed by atoms with van der Waals surface area (Å²) in [5.74, 6) is 0.775. The molecule has 0 saturated carbocycles. The molecular weight excluding hydrogens is 274 g/mol. The van der Waals surface area contributed by atoms with Crippen LogP contribution < -0.4 is 10.2 Å². The van der Waals surface area contributed by atoms with Gasteiger partial charge in [0.25, 0.3) is 0 Å². The minimum Gasteiger partial charge on any atom is -0.494 e. The molecule has 0 atom stereocenters. The summed E-state index contributed by atoms with van der Waals surface area (Å²) in [6.07, 6.45) is 0.969. The Labute approximate surface area is 126 Å². The molecule has 1 saturated heterocycles. The zero-order valence-electron chi connectivity index (χ0n) is 12.8. The smallest absolute Gasteiger partial charge is 0.494 e. The van der Waals surface area contributed by atoms with Crippen molar-refractivity contribution in [2.24, 2.45) is 0 Å². The number of halogens is 1. The number of hydrogen-bond acceptors (Lipinski definition) is 3. The topological polar surface area (TPSA) is 27.7 Å². The number of ether oxygens (including phenoxy) is 1. The molecule has 1 aliphatic heterocycles. The first kappa shape index (κ1) is 15.7. The molecule has 0 aromatic heterocycles. The molecule has 0 aliphatic carbocycles. The van der Waals surface area contributed by atoms with E-state index in [9.17, 15) is 0 Å². The van der Waals surface area contributed by atoms with E-state index in [0.717, 1.165) is 17.6 Å². The molecule has 0 N–H and O–H groups in total. The Morgan fingerprint density at radius 3 is 2.25 bits per heavy atom. The minimum absolute atomic E-state index is 0.363. The van der Waals surface area contributed by atoms with Crippen LogP contribution in [-0.4, -0.2) is 24.9 Å². The minimum atomic E-state index is -0.437. The molecule has 1 fully saturated rings. The predicted molar refractivity (Wildman–Crippen MR) is 83.0 cm³/mol. The standard InChI is InChI=1S/C15H22BClO3/c1-6-9-18-11-7-8-12(13(17)10-11)16-19-14(2,3)15(4,5)20-16/h7-8,10H,6,9H2,1-5H3. The van der Waals surface area contributed by atoms with E-state index in [0.29, 0.717) is 11.6 Å². The van der Waals surface area contributed by atoms with Crippen LogP contribution in [0.4, 0.5) is 0 Å². The Morgan fingerprint density at radius 1 is 1.15 bits per heavy atom. The molecule has 2 rings (SSSR count). The van der Waals surface area contributed by atoms with Gasteiger partial charge in [-0.1, -0.05) is 24.6 Å². The van der Waals surface area contributed by atoms with E-state index in [1.807, 2.05) is 45.9 Å². The van der Waals surface area contributed by atoms with Crippen LogP contribution in [0.3, 0.4) is 0 Å². The summed E-state index contributed by atoms with van der Waals surface area (Å²) in [6.45, 7) is 10.9. The normalized spacial score (nSPS) is 20.2. The van der Waals surface area contributed by atoms with Crippen LogP contribution in [0.25, 0.3) is 0 Å². The quantitative estimate of drug-likeness (QED) is 0.797. The lowest BCUT2D eigenvalue weighted by Gasteiger charge is -2.32. The zero-order chi connectivity index (χ0) is 15.0. The van der Waals surface area contributed by atoms with Crippen LogP contribution in [0.1, 0.15) is 41.0 Å². The Morgan fingerprint density at radius 2 is 1.75 bits per heavy atom. The molecule has 1 aromatic rings. The summed E-state index contributed by atoms with van der Waals surface area (Å²) >= 11 is 6.33. The van der Waals surface area contributed by atoms with Gasteiger partial charge in [-0.3, -0.25) is 0 Å². The van der Waals surface area contributed by atoms with Gasteiger partial charge < -0.3 is 14.0 Å². The summed E-state index contributed by atoms with van der Waals surface area (Å²) in [6, 6.07) is 5.63. The molecule has 1 aromatic carbocycles. The van der Waals surface area contributed by atoms with Gasteiger partial charge in [0.2, 0.25) is 0 Å². The van der Waals surface area contributed by atoms with Crippen molar-refractivity contribution in [3.8, 4) is 5.75 Å². The van der Waals surface area contributed by atoms with Gasteiger partial charge in [-0.2, -0.15) is 0 Å². The molecule has 0 spiro atoms. The Kier molecular flexibility index (Phi) is 4.38. The highest BCUT2D eigenvalue weighted by Gasteiger charge is 2.52. The summed E-state index contributed by atoms with van der Waals surface area (Å²) < 4.78 is 17.6. The molecule has 3 nitrogen and oxygen atoms in total. The second-order valence-electron chi connectivity index (χ2n) is 6.12. The first-order valence-electron chi connectivity index (χ1n) is 7.05. The van der Waals surface area contributed by atoms with E-state index < -0.39 is 7.12 Å². The lowest BCUT2D eigenvalue weighted by Crippen LogP contribution is -2.41. The zero-order valence-corrected chi connectivity index (χ0v) is 13.6. The van der Waals surface area contributed by atoms with E-state index in [2.05, 4.69) is 6.92 Å². The van der Waals surface area contributed by atoms with Crippen LogP contribution in [0.2, 0.25) is 5.02 Å². The predicted octanol–water partition coefficient (Wildman–Crippen LogP) is 3.43. The third kappa shape index (κ3) is 2.97. The maximum Gasteiger partial charge on any atom is 0.496 e. The summed E-state index contributed by atoms with van der Waals surface area (Å²) in [5, 5.41) is 0.608. The highest BCUT2D eigenvalue weighted by atomic mass is 35.5. The van der Waals surface area contributed by atoms with Crippen molar-refractivity contribution in [2.75, 3.05) is 6.61 Å². The SMILES string of the molecule is CCCOc1ccc(B2OC(C)(C)C(C)(C)O2)c(Cl)c1. The second kappa shape index (κ2) is 5.59. The molecule has 20 heavy (non-hydrogen) atoms. The average molecular weight is 297 g/mol. The van der Waals surface area contributed by atoms with Gasteiger partial charge in [0.1, 0.15) is 5.75 Å². The van der Waals surface area contributed by atoms with E-state index in [1.54, 1.807) is 0 Å². The fraction of sp³-hybridized carbons (Fsp3) is 0.600. The number of benzene rings is 1. The van der Waals surface area contributed by atoms with Gasteiger partial charge in [-0.05, 0) is 46.2 Å². The third-order valence-corrected chi connectivity index (χ3v) is 4.28. The molecule has 0 amide bonds. The van der Waals surface area contributed by atoms with Crippen molar-refractivity contribution in [3.63, 3.8) is 0 Å². The van der Waals surface area contributed by atoms with E-state index in [-0.39, 0.29) is 11.2 Å². The van der Waals surface area contributed by atoms with Gasteiger partial charge in [-0.25, -0.2) is 0 Å². The lowest BCUT2D eigenvalue weighted by atomic mass is 9.79. The van der Waals surface area contributed by atoms with Gasteiger partial charge in [0.15, 0.2) is 0 Å². The Balaban J connectivity index is 2.19. The average Bonchev–Trinajstić information content (AvgIpc) is 2.55. The van der Waals surface area contributed by atoms with Crippen LogP contribution >= 0.6 is 11.6 Å². The summed E-state index contributed by atoms with van der Waals surface area (Å²) in [4.78, 5) is 0. The van der Waals surface area contributed by atoms with Crippen molar-refractivity contribution < 1.29 is 14.0 Å². The van der Waals surface area contributed by atoms with E-state index in [4.69, 9.17) is 25.6 Å². The first-order chi connectivity index (χ1) is 9.27. The van der Waals surface area contributed by atoms with Crippen LogP contribution in [0.5, 0.6) is 5.75 Å². The molecule has 1 aliphatic rings. The second-order valence-corrected chi connectivity index (χ2v) is 6.53. The molecule has 1 heterocycles. The maximum atomic E-state index is 6.33. The summed E-state index contributed by atoms with van der Waals surface area (Å²) in [7, 11) is -0.437. The van der Waals surface area contributed by atoms with Gasteiger partial charge in [0, 0.05) is 10.5 Å². The molecule has 110 valence electrons. The molecule has 0 bridgehead atoms. The monoisotopic (exact) mass is 296 g/mol. The van der Waals surface area contributed by atoms with Crippen LogP contribution in [0, 0.1) is 0 Å². The van der Waals surface area contributed by atoms with E-state index in [1.165, 1.54) is 0 Å². The molecule has 0 unspecified atom stereocenters. The van der Waals surface area contributed by atoms with Gasteiger partial charge >= 0.3 is 7.12 Å². The lowest BCUT2D eigenvalue weighted by molar-refractivity contribution is 0.00578. The largest absolute Gasteiger partial charge is 0.496 e. The number of hydrogen-bond donors (Lipinski definition) is 0. The highest BCUT2D eigenvalue weighted by Crippen LogP contribution is 2.37. The van der Waals surface area contributed by atoms with Gasteiger partial charge in [0.05, 0.1) is 17.8 Å². The Bertz CT molecular complexity index is 472. The fourth-order valence-electron chi connectivity index (χ4n) is 1.98. The Hall–Kier alpha value is -0.705. The van der Waals surface area contributed by atoms with Crippen molar-refractivity contribution in [1.29, 1.82) is 0 Å². The maximum absolute atomic E-state index is 6.33. The van der Waals surface area contributed by atoms with Crippen molar-refractivity contribution in [2.45, 2.75) is 52.2 Å². The highest BCUT2D eigenvalue weighted by molar-refractivity contribution is 6.65. The third-order valence-electron chi connectivity index (χ3n) is 3.95. The fourth-order valence-corrected chi connectivity index (χ4v) is 2.24. The van der Waals surface area contributed by atoms with Crippen molar-refractivity contribution in [1.82, 2.24) is 0 Å².